The van der Waals surface area contributed by atoms with Crippen LogP contribution in [0.1, 0.15) is 5.76 Å². The summed E-state index contributed by atoms with van der Waals surface area (Å²) in [6, 6.07) is 5.57. The number of rotatable bonds is 6. The summed E-state index contributed by atoms with van der Waals surface area (Å²) in [5.41, 5.74) is 1.57. The molecule has 0 saturated carbocycles. The number of nitrogens with zero attached hydrogens (tertiary/aromatic N) is 4. The molecule has 0 unspecified atom stereocenters. The maximum absolute atomic E-state index is 12.0. The molecule has 2 aromatic rings. The zero-order valence-corrected chi connectivity index (χ0v) is 15.1. The molecule has 8 nitrogen and oxygen atoms in total. The van der Waals surface area contributed by atoms with E-state index >= 15 is 0 Å². The molecule has 136 valence electrons. The topological polar surface area (TPSA) is 99.8 Å². The first-order valence-electron chi connectivity index (χ1n) is 8.02. The number of hydrogen-bond acceptors (Lipinski definition) is 7. The minimum Gasteiger partial charge on any atom is -0.391 e. The summed E-state index contributed by atoms with van der Waals surface area (Å²) in [6.07, 6.45) is 2.73. The number of aromatic nitrogens is 2. The Bertz CT molecular complexity index is 807. The molecule has 0 amide bonds. The summed E-state index contributed by atoms with van der Waals surface area (Å²) < 4.78 is 30.6. The molecule has 0 spiro atoms. The van der Waals surface area contributed by atoms with E-state index in [1.54, 1.807) is 12.4 Å². The third-order valence-electron chi connectivity index (χ3n) is 4.36. The average molecular weight is 366 g/mol. The number of aliphatic hydroxyl groups is 1. The van der Waals surface area contributed by atoms with E-state index in [-0.39, 0.29) is 11.7 Å². The number of pyridine rings is 1. The van der Waals surface area contributed by atoms with Crippen LogP contribution in [0.25, 0.3) is 11.3 Å². The Labute approximate surface area is 147 Å². The number of likely N-dealkylation sites (tertiary alicyclic amines) is 1. The molecule has 1 N–H and O–H groups in total. The summed E-state index contributed by atoms with van der Waals surface area (Å²) in [7, 11) is -0.333. The van der Waals surface area contributed by atoms with Gasteiger partial charge in [0, 0.05) is 57.1 Å². The Kier molecular flexibility index (Phi) is 5.19. The van der Waals surface area contributed by atoms with Crippen LogP contribution in [0.2, 0.25) is 0 Å². The van der Waals surface area contributed by atoms with Gasteiger partial charge in [-0.15, -0.1) is 0 Å². The van der Waals surface area contributed by atoms with Crippen LogP contribution in [0.15, 0.2) is 35.1 Å². The van der Waals surface area contributed by atoms with E-state index in [4.69, 9.17) is 4.52 Å². The van der Waals surface area contributed by atoms with Crippen LogP contribution < -0.4 is 0 Å². The molecule has 0 aromatic carbocycles. The zero-order valence-electron chi connectivity index (χ0n) is 14.2. The molecule has 3 rings (SSSR count). The van der Waals surface area contributed by atoms with Crippen LogP contribution in [0.5, 0.6) is 0 Å². The van der Waals surface area contributed by atoms with E-state index < -0.39 is 16.1 Å². The smallest absolute Gasteiger partial charge is 0.214 e. The van der Waals surface area contributed by atoms with Gasteiger partial charge < -0.3 is 9.63 Å². The molecular formula is C16H22N4O4S. The Morgan fingerprint density at radius 1 is 1.40 bits per heavy atom. The van der Waals surface area contributed by atoms with E-state index in [9.17, 15) is 13.5 Å². The quantitative estimate of drug-likeness (QED) is 0.791. The van der Waals surface area contributed by atoms with Gasteiger partial charge in [0.15, 0.2) is 5.76 Å². The van der Waals surface area contributed by atoms with Gasteiger partial charge in [0.2, 0.25) is 10.0 Å². The Morgan fingerprint density at radius 2 is 2.20 bits per heavy atom. The van der Waals surface area contributed by atoms with Crippen LogP contribution in [-0.2, 0) is 16.6 Å². The van der Waals surface area contributed by atoms with E-state index in [0.29, 0.717) is 31.1 Å². The molecule has 3 heterocycles. The molecule has 1 aliphatic heterocycles. The van der Waals surface area contributed by atoms with Crippen LogP contribution in [0.3, 0.4) is 0 Å². The van der Waals surface area contributed by atoms with Gasteiger partial charge in [0.05, 0.1) is 18.4 Å². The van der Waals surface area contributed by atoms with E-state index in [1.807, 2.05) is 23.1 Å². The van der Waals surface area contributed by atoms with Crippen molar-refractivity contribution in [1.82, 2.24) is 19.3 Å². The lowest BCUT2D eigenvalue weighted by Crippen LogP contribution is -2.33. The second-order valence-corrected chi connectivity index (χ2v) is 8.73. The highest BCUT2D eigenvalue weighted by Gasteiger charge is 2.35. The Hall–Kier alpha value is -1.81. The highest BCUT2D eigenvalue weighted by molar-refractivity contribution is 7.89. The molecule has 0 aliphatic carbocycles. The molecule has 25 heavy (non-hydrogen) atoms. The third-order valence-corrected chi connectivity index (χ3v) is 6.32. The van der Waals surface area contributed by atoms with Crippen molar-refractivity contribution in [3.63, 3.8) is 0 Å². The fourth-order valence-electron chi connectivity index (χ4n) is 2.91. The molecule has 0 radical (unpaired) electrons. The van der Waals surface area contributed by atoms with Crippen LogP contribution in [0, 0.1) is 5.92 Å². The SMILES string of the molecule is CN(C)S(=O)(=O)C[C@@H]1CN(Cc2cc(-c3cccnc3)no2)C[C@@H]1O. The van der Waals surface area contributed by atoms with Gasteiger partial charge in [0.1, 0.15) is 5.69 Å². The van der Waals surface area contributed by atoms with Gasteiger partial charge in [-0.1, -0.05) is 5.16 Å². The first kappa shape index (κ1) is 18.0. The summed E-state index contributed by atoms with van der Waals surface area (Å²) >= 11 is 0. The normalized spacial score (nSPS) is 21.9. The van der Waals surface area contributed by atoms with Gasteiger partial charge in [-0.05, 0) is 12.1 Å². The van der Waals surface area contributed by atoms with E-state index in [0.717, 1.165) is 5.56 Å². The van der Waals surface area contributed by atoms with Gasteiger partial charge in [-0.25, -0.2) is 12.7 Å². The number of sulfonamides is 1. The molecule has 1 saturated heterocycles. The van der Waals surface area contributed by atoms with Crippen molar-refractivity contribution < 1.29 is 18.0 Å². The summed E-state index contributed by atoms with van der Waals surface area (Å²) in [5.74, 6) is 0.296. The predicted molar refractivity (Wildman–Crippen MR) is 92.0 cm³/mol. The van der Waals surface area contributed by atoms with Gasteiger partial charge in [-0.2, -0.15) is 0 Å². The number of hydrogen-bond donors (Lipinski definition) is 1. The Morgan fingerprint density at radius 3 is 2.88 bits per heavy atom. The molecular weight excluding hydrogens is 344 g/mol. The number of aliphatic hydroxyl groups excluding tert-OH is 1. The maximum Gasteiger partial charge on any atom is 0.214 e. The first-order chi connectivity index (χ1) is 11.8. The largest absolute Gasteiger partial charge is 0.391 e. The zero-order chi connectivity index (χ0) is 18.0. The third kappa shape index (κ3) is 4.24. The molecule has 2 aromatic heterocycles. The first-order valence-corrected chi connectivity index (χ1v) is 9.62. The standard InChI is InChI=1S/C16H22N4O4S/c1-19(2)25(22,23)11-13-8-20(10-16(13)21)9-14-6-15(18-24-14)12-4-3-5-17-7-12/h3-7,13,16,21H,8-11H2,1-2H3/t13-,16-/m0/s1. The molecule has 0 bridgehead atoms. The van der Waals surface area contributed by atoms with Crippen LogP contribution >= 0.6 is 0 Å². The van der Waals surface area contributed by atoms with Crippen molar-refractivity contribution in [3.05, 3.63) is 36.4 Å². The molecule has 2 atom stereocenters. The minimum atomic E-state index is -3.34. The van der Waals surface area contributed by atoms with Crippen molar-refractivity contribution in [2.75, 3.05) is 32.9 Å². The second kappa shape index (κ2) is 7.20. The van der Waals surface area contributed by atoms with E-state index in [2.05, 4.69) is 10.1 Å². The maximum atomic E-state index is 12.0. The number of β-amino-alcohol motifs (C(OH)–C–C–N with tert-alkyl or cyclic N) is 1. The van der Waals surface area contributed by atoms with Crippen molar-refractivity contribution in [3.8, 4) is 11.3 Å². The monoisotopic (exact) mass is 366 g/mol. The van der Waals surface area contributed by atoms with Crippen molar-refractivity contribution in [2.24, 2.45) is 5.92 Å². The van der Waals surface area contributed by atoms with Crippen LogP contribution in [-0.4, -0.2) is 71.9 Å². The molecule has 9 heteroatoms. The van der Waals surface area contributed by atoms with E-state index in [1.165, 1.54) is 18.4 Å². The van der Waals surface area contributed by atoms with Gasteiger partial charge >= 0.3 is 0 Å². The summed E-state index contributed by atoms with van der Waals surface area (Å²) in [5, 5.41) is 14.2. The molecule has 1 fully saturated rings. The minimum absolute atomic E-state index is 0.0605. The summed E-state index contributed by atoms with van der Waals surface area (Å²) in [6.45, 7) is 1.39. The van der Waals surface area contributed by atoms with Gasteiger partial charge in [-0.3, -0.25) is 9.88 Å². The lowest BCUT2D eigenvalue weighted by atomic mass is 10.1. The second-order valence-electron chi connectivity index (χ2n) is 6.50. The fourth-order valence-corrected chi connectivity index (χ4v) is 4.08. The van der Waals surface area contributed by atoms with Crippen LogP contribution in [0.4, 0.5) is 0 Å². The lowest BCUT2D eigenvalue weighted by molar-refractivity contribution is 0.146. The van der Waals surface area contributed by atoms with Crippen molar-refractivity contribution in [1.29, 1.82) is 0 Å². The predicted octanol–water partition coefficient (Wildman–Crippen LogP) is 0.421. The highest BCUT2D eigenvalue weighted by atomic mass is 32.2. The lowest BCUT2D eigenvalue weighted by Gasteiger charge is -2.17. The highest BCUT2D eigenvalue weighted by Crippen LogP contribution is 2.23. The van der Waals surface area contributed by atoms with Crippen molar-refractivity contribution >= 4 is 10.0 Å². The summed E-state index contributed by atoms with van der Waals surface area (Å²) in [4.78, 5) is 6.04. The average Bonchev–Trinajstić information content (AvgIpc) is 3.15. The fraction of sp³-hybridized carbons (Fsp3) is 0.500. The van der Waals surface area contributed by atoms with Gasteiger partial charge in [0.25, 0.3) is 0 Å². The Balaban J connectivity index is 1.62. The van der Waals surface area contributed by atoms with Crippen molar-refractivity contribution in [2.45, 2.75) is 12.6 Å². The molecule has 1 aliphatic rings.